The number of ether oxygens (including phenoxy) is 1. The van der Waals surface area contributed by atoms with Crippen molar-refractivity contribution in [3.63, 3.8) is 0 Å². The number of rotatable bonds is 6. The Morgan fingerprint density at radius 2 is 2.25 bits per heavy atom. The zero-order valence-corrected chi connectivity index (χ0v) is 11.5. The Morgan fingerprint density at radius 1 is 1.45 bits per heavy atom. The topological polar surface area (TPSA) is 77.2 Å². The molecule has 0 saturated carbocycles. The van der Waals surface area contributed by atoms with Crippen molar-refractivity contribution in [2.75, 3.05) is 7.11 Å². The number of nitrogens with zero attached hydrogens (tertiary/aromatic N) is 3. The first-order valence-corrected chi connectivity index (χ1v) is 6.44. The summed E-state index contributed by atoms with van der Waals surface area (Å²) in [6.07, 6.45) is 1.48. The molecular formula is C14H17N3O3. The number of aromatic nitrogens is 3. The number of hydrogen-bond donors (Lipinski definition) is 1. The molecule has 1 aromatic heterocycles. The highest BCUT2D eigenvalue weighted by Crippen LogP contribution is 2.15. The summed E-state index contributed by atoms with van der Waals surface area (Å²) in [5.74, 6) is -0.275. The van der Waals surface area contributed by atoms with Gasteiger partial charge in [0.25, 0.3) is 0 Å². The Labute approximate surface area is 117 Å². The first-order chi connectivity index (χ1) is 9.65. The zero-order valence-electron chi connectivity index (χ0n) is 11.5. The summed E-state index contributed by atoms with van der Waals surface area (Å²) in [6, 6.07) is 7.60. The van der Waals surface area contributed by atoms with Gasteiger partial charge < -0.3 is 9.84 Å². The van der Waals surface area contributed by atoms with Crippen LogP contribution in [0.4, 0.5) is 0 Å². The molecule has 0 bridgehead atoms. The molecule has 1 aromatic carbocycles. The number of aromatic carboxylic acids is 1. The minimum atomic E-state index is -1.04. The van der Waals surface area contributed by atoms with Crippen LogP contribution < -0.4 is 4.74 Å². The van der Waals surface area contributed by atoms with Crippen molar-refractivity contribution < 1.29 is 14.6 Å². The van der Waals surface area contributed by atoms with E-state index in [0.717, 1.165) is 17.7 Å². The second-order valence-corrected chi connectivity index (χ2v) is 4.45. The molecule has 2 aromatic rings. The first-order valence-electron chi connectivity index (χ1n) is 6.44. The molecule has 20 heavy (non-hydrogen) atoms. The third kappa shape index (κ3) is 2.96. The lowest BCUT2D eigenvalue weighted by atomic mass is 10.2. The molecule has 6 nitrogen and oxygen atoms in total. The summed E-state index contributed by atoms with van der Waals surface area (Å²) in [5, 5.41) is 16.8. The maximum Gasteiger partial charge on any atom is 0.358 e. The van der Waals surface area contributed by atoms with Crippen LogP contribution in [0.2, 0.25) is 0 Å². The fraction of sp³-hybridized carbons (Fsp3) is 0.357. The molecule has 0 fully saturated rings. The summed E-state index contributed by atoms with van der Waals surface area (Å²) in [4.78, 5) is 11.1. The molecule has 0 aliphatic carbocycles. The monoisotopic (exact) mass is 275 g/mol. The number of methoxy groups -OCH3 is 1. The van der Waals surface area contributed by atoms with Crippen molar-refractivity contribution in [2.45, 2.75) is 26.3 Å². The summed E-state index contributed by atoms with van der Waals surface area (Å²) in [5.41, 5.74) is 1.68. The minimum Gasteiger partial charge on any atom is -0.497 e. The van der Waals surface area contributed by atoms with Crippen LogP contribution in [-0.2, 0) is 13.0 Å². The number of hydrogen-bond acceptors (Lipinski definition) is 4. The van der Waals surface area contributed by atoms with Crippen LogP contribution in [0.5, 0.6) is 5.75 Å². The predicted molar refractivity (Wildman–Crippen MR) is 73.1 cm³/mol. The average molecular weight is 275 g/mol. The second-order valence-electron chi connectivity index (χ2n) is 4.45. The quantitative estimate of drug-likeness (QED) is 0.872. The number of benzene rings is 1. The standard InChI is InChI=1S/C14H17N3O3/c1-3-5-12-13(14(18)19)15-16-17(12)9-10-6-4-7-11(8-10)20-2/h4,6-8H,3,5,9H2,1-2H3,(H,18,19). The summed E-state index contributed by atoms with van der Waals surface area (Å²) in [7, 11) is 1.61. The van der Waals surface area contributed by atoms with E-state index in [-0.39, 0.29) is 5.69 Å². The second kappa shape index (κ2) is 6.18. The average Bonchev–Trinajstić information content (AvgIpc) is 2.83. The summed E-state index contributed by atoms with van der Waals surface area (Å²) < 4.78 is 6.81. The SMILES string of the molecule is CCCc1c(C(=O)O)nnn1Cc1cccc(OC)c1. The first kappa shape index (κ1) is 14.0. The lowest BCUT2D eigenvalue weighted by Crippen LogP contribution is -2.09. The highest BCUT2D eigenvalue weighted by Gasteiger charge is 2.18. The van der Waals surface area contributed by atoms with Gasteiger partial charge in [-0.1, -0.05) is 30.7 Å². The summed E-state index contributed by atoms with van der Waals surface area (Å²) in [6.45, 7) is 2.47. The molecule has 0 amide bonds. The van der Waals surface area contributed by atoms with E-state index in [4.69, 9.17) is 9.84 Å². The fourth-order valence-corrected chi connectivity index (χ4v) is 2.05. The van der Waals surface area contributed by atoms with Crippen LogP contribution in [0.25, 0.3) is 0 Å². The van der Waals surface area contributed by atoms with E-state index in [9.17, 15) is 4.79 Å². The van der Waals surface area contributed by atoms with Gasteiger partial charge in [0, 0.05) is 0 Å². The normalized spacial score (nSPS) is 10.5. The van der Waals surface area contributed by atoms with Crippen molar-refractivity contribution in [3.05, 3.63) is 41.2 Å². The van der Waals surface area contributed by atoms with Gasteiger partial charge in [0.1, 0.15) is 5.75 Å². The van der Waals surface area contributed by atoms with Gasteiger partial charge in [-0.05, 0) is 24.1 Å². The molecule has 2 rings (SSSR count). The number of carboxylic acids is 1. The van der Waals surface area contributed by atoms with Gasteiger partial charge >= 0.3 is 5.97 Å². The van der Waals surface area contributed by atoms with Crippen LogP contribution >= 0.6 is 0 Å². The van der Waals surface area contributed by atoms with Gasteiger partial charge in [-0.3, -0.25) is 0 Å². The molecule has 0 atom stereocenters. The van der Waals surface area contributed by atoms with Crippen molar-refractivity contribution in [1.82, 2.24) is 15.0 Å². The van der Waals surface area contributed by atoms with E-state index < -0.39 is 5.97 Å². The summed E-state index contributed by atoms with van der Waals surface area (Å²) >= 11 is 0. The van der Waals surface area contributed by atoms with Gasteiger partial charge in [0.05, 0.1) is 19.3 Å². The predicted octanol–water partition coefficient (Wildman–Crippen LogP) is 1.99. The van der Waals surface area contributed by atoms with E-state index in [1.54, 1.807) is 11.8 Å². The van der Waals surface area contributed by atoms with Crippen LogP contribution in [0.3, 0.4) is 0 Å². The molecule has 0 saturated heterocycles. The third-order valence-electron chi connectivity index (χ3n) is 2.99. The van der Waals surface area contributed by atoms with Crippen molar-refractivity contribution >= 4 is 5.97 Å². The molecule has 1 heterocycles. The number of carbonyl (C=O) groups is 1. The molecule has 1 N–H and O–H groups in total. The smallest absolute Gasteiger partial charge is 0.358 e. The molecule has 0 aliphatic rings. The van der Waals surface area contributed by atoms with Crippen molar-refractivity contribution in [3.8, 4) is 5.75 Å². The van der Waals surface area contributed by atoms with Gasteiger partial charge in [0.15, 0.2) is 5.69 Å². The Balaban J connectivity index is 2.30. The largest absolute Gasteiger partial charge is 0.497 e. The van der Waals surface area contributed by atoms with Crippen molar-refractivity contribution in [1.29, 1.82) is 0 Å². The maximum atomic E-state index is 11.1. The number of carboxylic acid groups (broad SMARTS) is 1. The van der Waals surface area contributed by atoms with Crippen LogP contribution in [0.15, 0.2) is 24.3 Å². The Morgan fingerprint density at radius 3 is 2.90 bits per heavy atom. The minimum absolute atomic E-state index is 0.0368. The lowest BCUT2D eigenvalue weighted by molar-refractivity contribution is 0.0689. The van der Waals surface area contributed by atoms with Gasteiger partial charge in [-0.25, -0.2) is 9.48 Å². The molecule has 0 unspecified atom stereocenters. The molecular weight excluding hydrogens is 258 g/mol. The Hall–Kier alpha value is -2.37. The van der Waals surface area contributed by atoms with Crippen LogP contribution in [0.1, 0.15) is 35.1 Å². The zero-order chi connectivity index (χ0) is 14.5. The Kier molecular flexibility index (Phi) is 4.34. The van der Waals surface area contributed by atoms with Gasteiger partial charge in [0.2, 0.25) is 0 Å². The molecule has 0 aliphatic heterocycles. The van der Waals surface area contributed by atoms with E-state index in [1.807, 2.05) is 31.2 Å². The van der Waals surface area contributed by atoms with E-state index >= 15 is 0 Å². The highest BCUT2D eigenvalue weighted by molar-refractivity contribution is 5.86. The van der Waals surface area contributed by atoms with Crippen molar-refractivity contribution in [2.24, 2.45) is 0 Å². The van der Waals surface area contributed by atoms with Gasteiger partial charge in [-0.2, -0.15) is 0 Å². The molecule has 6 heteroatoms. The highest BCUT2D eigenvalue weighted by atomic mass is 16.5. The van der Waals surface area contributed by atoms with E-state index in [2.05, 4.69) is 10.3 Å². The van der Waals surface area contributed by atoms with Crippen LogP contribution in [-0.4, -0.2) is 33.2 Å². The van der Waals surface area contributed by atoms with E-state index in [1.165, 1.54) is 0 Å². The van der Waals surface area contributed by atoms with Gasteiger partial charge in [-0.15, -0.1) is 5.10 Å². The molecule has 0 spiro atoms. The van der Waals surface area contributed by atoms with Crippen LogP contribution in [0, 0.1) is 0 Å². The Bertz CT molecular complexity index is 607. The fourth-order valence-electron chi connectivity index (χ4n) is 2.05. The van der Waals surface area contributed by atoms with E-state index in [0.29, 0.717) is 18.7 Å². The third-order valence-corrected chi connectivity index (χ3v) is 2.99. The lowest BCUT2D eigenvalue weighted by Gasteiger charge is -2.07. The molecule has 0 radical (unpaired) electrons. The molecule has 106 valence electrons. The maximum absolute atomic E-state index is 11.1.